The first-order valence-electron chi connectivity index (χ1n) is 5.72. The Morgan fingerprint density at radius 1 is 1.31 bits per heavy atom. The van der Waals surface area contributed by atoms with E-state index in [9.17, 15) is 13.2 Å². The van der Waals surface area contributed by atoms with Gasteiger partial charge in [0.25, 0.3) is 0 Å². The lowest BCUT2D eigenvalue weighted by Crippen LogP contribution is -2.24. The normalized spacial score (nSPS) is 13.7. The molecular formula is C11H22O4S. The first kappa shape index (κ1) is 15.6. The van der Waals surface area contributed by atoms with Crippen molar-refractivity contribution in [2.24, 2.45) is 0 Å². The van der Waals surface area contributed by atoms with Gasteiger partial charge < -0.3 is 4.74 Å². The Bertz CT molecular complexity index is 289. The van der Waals surface area contributed by atoms with E-state index in [1.165, 1.54) is 6.26 Å². The summed E-state index contributed by atoms with van der Waals surface area (Å²) in [5.41, 5.74) is 0. The predicted octanol–water partition coefficient (Wildman–Crippen LogP) is 1.59. The summed E-state index contributed by atoms with van der Waals surface area (Å²) in [4.78, 5) is 11.7. The molecule has 0 radical (unpaired) electrons. The molecule has 0 heterocycles. The molecule has 0 N–H and O–H groups in total. The number of ether oxygens (including phenoxy) is 1. The summed E-state index contributed by atoms with van der Waals surface area (Å²) in [6.07, 6.45) is 3.12. The van der Waals surface area contributed by atoms with Gasteiger partial charge in [-0.1, -0.05) is 13.3 Å². The highest BCUT2D eigenvalue weighted by molar-refractivity contribution is 7.90. The largest absolute Gasteiger partial charge is 0.371 e. The summed E-state index contributed by atoms with van der Waals surface area (Å²) in [5.74, 6) is 0.0938. The molecule has 5 heteroatoms. The molecule has 0 aromatic heterocycles. The Hall–Kier alpha value is -0.420. The summed E-state index contributed by atoms with van der Waals surface area (Å²) in [7, 11) is -2.96. The number of hydrogen-bond acceptors (Lipinski definition) is 4. The van der Waals surface area contributed by atoms with E-state index >= 15 is 0 Å². The minimum atomic E-state index is -2.96. The molecule has 1 atom stereocenters. The van der Waals surface area contributed by atoms with E-state index in [1.54, 1.807) is 0 Å². The Kier molecular flexibility index (Phi) is 7.58. The summed E-state index contributed by atoms with van der Waals surface area (Å²) in [6.45, 7) is 4.37. The monoisotopic (exact) mass is 250 g/mol. The third-order valence-corrected chi connectivity index (χ3v) is 3.25. The summed E-state index contributed by atoms with van der Waals surface area (Å²) in [6, 6.07) is 0. The minimum Gasteiger partial charge on any atom is -0.371 e. The van der Waals surface area contributed by atoms with Gasteiger partial charge in [0.05, 0.1) is 5.75 Å². The molecule has 4 nitrogen and oxygen atoms in total. The fourth-order valence-corrected chi connectivity index (χ4v) is 2.14. The van der Waals surface area contributed by atoms with Crippen molar-refractivity contribution in [3.63, 3.8) is 0 Å². The van der Waals surface area contributed by atoms with Gasteiger partial charge in [0.15, 0.2) is 5.78 Å². The predicted molar refractivity (Wildman–Crippen MR) is 64.3 cm³/mol. The Balaban J connectivity index is 4.00. The molecule has 0 saturated carbocycles. The van der Waals surface area contributed by atoms with Crippen LogP contribution in [0.5, 0.6) is 0 Å². The van der Waals surface area contributed by atoms with Crippen LogP contribution in [0, 0.1) is 0 Å². The van der Waals surface area contributed by atoms with Gasteiger partial charge in [-0.3, -0.25) is 4.79 Å². The van der Waals surface area contributed by atoms with Crippen molar-refractivity contribution in [1.82, 2.24) is 0 Å². The number of sulfone groups is 1. The lowest BCUT2D eigenvalue weighted by molar-refractivity contribution is -0.130. The van der Waals surface area contributed by atoms with Crippen LogP contribution in [0.3, 0.4) is 0 Å². The van der Waals surface area contributed by atoms with E-state index in [2.05, 4.69) is 0 Å². The van der Waals surface area contributed by atoms with Crippen molar-refractivity contribution in [3.8, 4) is 0 Å². The topological polar surface area (TPSA) is 60.4 Å². The van der Waals surface area contributed by atoms with Crippen molar-refractivity contribution >= 4 is 15.6 Å². The zero-order chi connectivity index (χ0) is 12.6. The Labute approximate surface area is 98.3 Å². The third kappa shape index (κ3) is 7.82. The van der Waals surface area contributed by atoms with Crippen LogP contribution in [0.2, 0.25) is 0 Å². The van der Waals surface area contributed by atoms with Crippen LogP contribution in [0.25, 0.3) is 0 Å². The number of carbonyl (C=O) groups excluding carboxylic acids is 1. The van der Waals surface area contributed by atoms with E-state index in [1.807, 2.05) is 13.8 Å². The van der Waals surface area contributed by atoms with Gasteiger partial charge in [-0.15, -0.1) is 0 Å². The fraction of sp³-hybridized carbons (Fsp3) is 0.909. The number of ketones is 1. The van der Waals surface area contributed by atoms with E-state index < -0.39 is 9.84 Å². The molecule has 0 aliphatic heterocycles. The molecule has 0 aromatic carbocycles. The van der Waals surface area contributed by atoms with Crippen molar-refractivity contribution in [1.29, 1.82) is 0 Å². The summed E-state index contributed by atoms with van der Waals surface area (Å²) in [5, 5.41) is 0. The molecule has 16 heavy (non-hydrogen) atoms. The fourth-order valence-electron chi connectivity index (χ4n) is 1.47. The molecule has 0 aliphatic rings. The van der Waals surface area contributed by atoms with Crippen molar-refractivity contribution in [2.45, 2.75) is 45.6 Å². The maximum Gasteiger partial charge on any atom is 0.161 e. The first-order valence-corrected chi connectivity index (χ1v) is 7.78. The van der Waals surface area contributed by atoms with E-state index in [4.69, 9.17) is 4.74 Å². The highest BCUT2D eigenvalue weighted by Gasteiger charge is 2.17. The molecule has 0 bridgehead atoms. The van der Waals surface area contributed by atoms with Crippen LogP contribution < -0.4 is 0 Å². The van der Waals surface area contributed by atoms with Crippen LogP contribution in [0.4, 0.5) is 0 Å². The molecule has 1 unspecified atom stereocenters. The Morgan fingerprint density at radius 2 is 1.94 bits per heavy atom. The van der Waals surface area contributed by atoms with E-state index in [0.717, 1.165) is 6.42 Å². The number of Topliss-reactive ketones (excluding diaryl/α,β-unsaturated/α-hetero) is 1. The standard InChI is InChI=1S/C11H22O4S/c1-4-7-11(15-5-2)10(12)8-6-9-16(3,13)14/h11H,4-9H2,1-3H3. The van der Waals surface area contributed by atoms with Crippen molar-refractivity contribution in [3.05, 3.63) is 0 Å². The average Bonchev–Trinajstić information content (AvgIpc) is 2.15. The third-order valence-electron chi connectivity index (χ3n) is 2.22. The zero-order valence-electron chi connectivity index (χ0n) is 10.4. The molecule has 0 fully saturated rings. The average molecular weight is 250 g/mol. The van der Waals surface area contributed by atoms with E-state index in [0.29, 0.717) is 19.4 Å². The molecule has 0 rings (SSSR count). The highest BCUT2D eigenvalue weighted by atomic mass is 32.2. The van der Waals surface area contributed by atoms with Gasteiger partial charge in [0, 0.05) is 19.3 Å². The number of hydrogen-bond donors (Lipinski definition) is 0. The number of carbonyl (C=O) groups is 1. The molecule has 0 aliphatic carbocycles. The molecule has 0 spiro atoms. The SMILES string of the molecule is CCCC(OCC)C(=O)CCCS(C)(=O)=O. The summed E-state index contributed by atoms with van der Waals surface area (Å²) >= 11 is 0. The van der Waals surface area contributed by atoms with Gasteiger partial charge in [0.2, 0.25) is 0 Å². The molecule has 0 aromatic rings. The van der Waals surface area contributed by atoms with Gasteiger partial charge in [0.1, 0.15) is 15.9 Å². The number of rotatable bonds is 9. The zero-order valence-corrected chi connectivity index (χ0v) is 11.2. The molecule has 0 amide bonds. The maximum absolute atomic E-state index is 11.7. The second kappa shape index (κ2) is 7.79. The molecular weight excluding hydrogens is 228 g/mol. The molecule has 96 valence electrons. The van der Waals surface area contributed by atoms with E-state index in [-0.39, 0.29) is 24.1 Å². The highest BCUT2D eigenvalue weighted by Crippen LogP contribution is 2.08. The molecule has 0 saturated heterocycles. The maximum atomic E-state index is 11.7. The van der Waals surface area contributed by atoms with Crippen LogP contribution >= 0.6 is 0 Å². The van der Waals surface area contributed by atoms with Crippen LogP contribution in [-0.4, -0.2) is 38.9 Å². The van der Waals surface area contributed by atoms with Crippen molar-refractivity contribution < 1.29 is 17.9 Å². The van der Waals surface area contributed by atoms with Gasteiger partial charge >= 0.3 is 0 Å². The van der Waals surface area contributed by atoms with Crippen molar-refractivity contribution in [2.75, 3.05) is 18.6 Å². The lowest BCUT2D eigenvalue weighted by Gasteiger charge is -2.14. The lowest BCUT2D eigenvalue weighted by atomic mass is 10.1. The smallest absolute Gasteiger partial charge is 0.161 e. The second-order valence-electron chi connectivity index (χ2n) is 3.93. The van der Waals surface area contributed by atoms with Crippen LogP contribution in [-0.2, 0) is 19.4 Å². The van der Waals surface area contributed by atoms with Crippen LogP contribution in [0.1, 0.15) is 39.5 Å². The quantitative estimate of drug-likeness (QED) is 0.623. The van der Waals surface area contributed by atoms with Crippen LogP contribution in [0.15, 0.2) is 0 Å². The van der Waals surface area contributed by atoms with Gasteiger partial charge in [-0.05, 0) is 19.8 Å². The van der Waals surface area contributed by atoms with Gasteiger partial charge in [-0.25, -0.2) is 8.42 Å². The second-order valence-corrected chi connectivity index (χ2v) is 6.19. The van der Waals surface area contributed by atoms with Gasteiger partial charge in [-0.2, -0.15) is 0 Å². The minimum absolute atomic E-state index is 0.0207. The Morgan fingerprint density at radius 3 is 2.38 bits per heavy atom. The first-order chi connectivity index (χ1) is 7.40. The summed E-state index contributed by atoms with van der Waals surface area (Å²) < 4.78 is 27.1.